The Kier molecular flexibility index (Phi) is 5.95. The minimum atomic E-state index is -0.950. The molecule has 1 aliphatic carbocycles. The van der Waals surface area contributed by atoms with E-state index in [0.717, 1.165) is 32.1 Å². The molecule has 104 valence electrons. The number of hydrogen-bond donors (Lipinski definition) is 1. The summed E-state index contributed by atoms with van der Waals surface area (Å²) >= 11 is 0. The lowest BCUT2D eigenvalue weighted by Gasteiger charge is -2.34. The van der Waals surface area contributed by atoms with Crippen molar-refractivity contribution in [2.24, 2.45) is 0 Å². The first-order valence-electron chi connectivity index (χ1n) is 6.79. The van der Waals surface area contributed by atoms with Crippen molar-refractivity contribution in [2.75, 3.05) is 20.1 Å². The molecule has 5 heteroatoms. The fourth-order valence-electron chi connectivity index (χ4n) is 2.52. The van der Waals surface area contributed by atoms with Crippen molar-refractivity contribution in [1.29, 1.82) is 0 Å². The van der Waals surface area contributed by atoms with Crippen molar-refractivity contribution in [3.8, 4) is 0 Å². The van der Waals surface area contributed by atoms with E-state index in [1.807, 2.05) is 6.92 Å². The molecule has 0 bridgehead atoms. The third-order valence-electron chi connectivity index (χ3n) is 3.51. The van der Waals surface area contributed by atoms with E-state index in [0.29, 0.717) is 6.54 Å². The van der Waals surface area contributed by atoms with Gasteiger partial charge in [0.1, 0.15) is 6.54 Å². The fourth-order valence-corrected chi connectivity index (χ4v) is 2.52. The molecule has 0 spiro atoms. The molecule has 0 atom stereocenters. The smallest absolute Gasteiger partial charge is 0.323 e. The van der Waals surface area contributed by atoms with Crippen molar-refractivity contribution in [3.05, 3.63) is 0 Å². The van der Waals surface area contributed by atoms with Crippen molar-refractivity contribution in [3.63, 3.8) is 0 Å². The van der Waals surface area contributed by atoms with Gasteiger partial charge in [-0.05, 0) is 19.3 Å². The van der Waals surface area contributed by atoms with Crippen molar-refractivity contribution < 1.29 is 14.7 Å². The van der Waals surface area contributed by atoms with E-state index in [-0.39, 0.29) is 18.6 Å². The van der Waals surface area contributed by atoms with Crippen LogP contribution in [0.5, 0.6) is 0 Å². The highest BCUT2D eigenvalue weighted by Gasteiger charge is 2.26. The molecule has 2 amide bonds. The van der Waals surface area contributed by atoms with Gasteiger partial charge in [0.2, 0.25) is 0 Å². The quantitative estimate of drug-likeness (QED) is 0.820. The first kappa shape index (κ1) is 14.8. The first-order valence-corrected chi connectivity index (χ1v) is 6.79. The molecule has 1 saturated carbocycles. The molecule has 1 N–H and O–H groups in total. The average molecular weight is 256 g/mol. The summed E-state index contributed by atoms with van der Waals surface area (Å²) in [5.74, 6) is -0.950. The minimum Gasteiger partial charge on any atom is -0.480 e. The van der Waals surface area contributed by atoms with Gasteiger partial charge in [0.05, 0.1) is 0 Å². The second-order valence-corrected chi connectivity index (χ2v) is 5.00. The number of rotatable bonds is 5. The van der Waals surface area contributed by atoms with Crippen LogP contribution in [-0.4, -0.2) is 53.1 Å². The van der Waals surface area contributed by atoms with Gasteiger partial charge in [-0.2, -0.15) is 0 Å². The van der Waals surface area contributed by atoms with E-state index in [9.17, 15) is 9.59 Å². The number of hydrogen-bond acceptors (Lipinski definition) is 2. The number of carbonyl (C=O) groups excluding carboxylic acids is 1. The highest BCUT2D eigenvalue weighted by Crippen LogP contribution is 2.22. The van der Waals surface area contributed by atoms with Gasteiger partial charge in [0.25, 0.3) is 0 Å². The Morgan fingerprint density at radius 2 is 1.83 bits per heavy atom. The zero-order chi connectivity index (χ0) is 13.5. The fraction of sp³-hybridized carbons (Fsp3) is 0.846. The Hall–Kier alpha value is -1.26. The van der Waals surface area contributed by atoms with E-state index < -0.39 is 5.97 Å². The van der Waals surface area contributed by atoms with Crippen LogP contribution in [0, 0.1) is 0 Å². The molecule has 0 saturated heterocycles. The van der Waals surface area contributed by atoms with Crippen LogP contribution >= 0.6 is 0 Å². The van der Waals surface area contributed by atoms with Gasteiger partial charge in [0, 0.05) is 19.6 Å². The van der Waals surface area contributed by atoms with Gasteiger partial charge in [-0.15, -0.1) is 0 Å². The maximum atomic E-state index is 12.3. The third-order valence-corrected chi connectivity index (χ3v) is 3.51. The highest BCUT2D eigenvalue weighted by molar-refractivity contribution is 5.80. The average Bonchev–Trinajstić information content (AvgIpc) is 2.37. The molecular weight excluding hydrogens is 232 g/mol. The Morgan fingerprint density at radius 3 is 2.33 bits per heavy atom. The molecule has 0 radical (unpaired) electrons. The second kappa shape index (κ2) is 7.24. The standard InChI is InChI=1S/C13H24N2O3/c1-3-9-15(10-12(16)17)13(18)14(2)11-7-5-4-6-8-11/h11H,3-10H2,1-2H3,(H,16,17). The van der Waals surface area contributed by atoms with Crippen LogP contribution in [0.1, 0.15) is 45.4 Å². The molecule has 1 rings (SSSR count). The van der Waals surface area contributed by atoms with Gasteiger partial charge in [0.15, 0.2) is 0 Å². The van der Waals surface area contributed by atoms with Crippen LogP contribution in [0.3, 0.4) is 0 Å². The van der Waals surface area contributed by atoms with Crippen molar-refractivity contribution in [2.45, 2.75) is 51.5 Å². The minimum absolute atomic E-state index is 0.147. The van der Waals surface area contributed by atoms with E-state index in [2.05, 4.69) is 0 Å². The molecule has 5 nitrogen and oxygen atoms in total. The molecule has 0 heterocycles. The molecule has 0 unspecified atom stereocenters. The molecule has 0 aromatic rings. The lowest BCUT2D eigenvalue weighted by Crippen LogP contribution is -2.48. The number of aliphatic carboxylic acids is 1. The van der Waals surface area contributed by atoms with E-state index in [1.165, 1.54) is 11.3 Å². The van der Waals surface area contributed by atoms with Crippen LogP contribution < -0.4 is 0 Å². The zero-order valence-corrected chi connectivity index (χ0v) is 11.4. The number of nitrogens with zero attached hydrogens (tertiary/aromatic N) is 2. The molecule has 18 heavy (non-hydrogen) atoms. The molecular formula is C13H24N2O3. The predicted molar refractivity (Wildman–Crippen MR) is 69.5 cm³/mol. The summed E-state index contributed by atoms with van der Waals surface area (Å²) in [6.45, 7) is 2.24. The number of urea groups is 1. The van der Waals surface area contributed by atoms with E-state index in [4.69, 9.17) is 5.11 Å². The summed E-state index contributed by atoms with van der Waals surface area (Å²) in [5.41, 5.74) is 0. The van der Waals surface area contributed by atoms with Crippen molar-refractivity contribution in [1.82, 2.24) is 9.80 Å². The molecule has 0 aromatic heterocycles. The molecule has 1 fully saturated rings. The summed E-state index contributed by atoms with van der Waals surface area (Å²) in [4.78, 5) is 26.2. The normalized spacial score (nSPS) is 16.3. The van der Waals surface area contributed by atoms with Gasteiger partial charge >= 0.3 is 12.0 Å². The SMILES string of the molecule is CCCN(CC(=O)O)C(=O)N(C)C1CCCCC1. The Morgan fingerprint density at radius 1 is 1.22 bits per heavy atom. The maximum Gasteiger partial charge on any atom is 0.323 e. The highest BCUT2D eigenvalue weighted by atomic mass is 16.4. The van der Waals surface area contributed by atoms with Crippen LogP contribution in [0.2, 0.25) is 0 Å². The summed E-state index contributed by atoms with van der Waals surface area (Å²) in [6, 6.07) is 0.130. The first-order chi connectivity index (χ1) is 8.56. The zero-order valence-electron chi connectivity index (χ0n) is 11.4. The summed E-state index contributed by atoms with van der Waals surface area (Å²) in [5, 5.41) is 8.84. The number of carboxylic acid groups (broad SMARTS) is 1. The molecule has 0 aromatic carbocycles. The van der Waals surface area contributed by atoms with Gasteiger partial charge < -0.3 is 14.9 Å². The van der Waals surface area contributed by atoms with Crippen molar-refractivity contribution >= 4 is 12.0 Å². The largest absolute Gasteiger partial charge is 0.480 e. The lowest BCUT2D eigenvalue weighted by atomic mass is 9.95. The van der Waals surface area contributed by atoms with Crippen LogP contribution in [-0.2, 0) is 4.79 Å². The topological polar surface area (TPSA) is 60.9 Å². The molecule has 0 aliphatic heterocycles. The van der Waals surface area contributed by atoms with Gasteiger partial charge in [-0.25, -0.2) is 4.79 Å². The second-order valence-electron chi connectivity index (χ2n) is 5.00. The van der Waals surface area contributed by atoms with E-state index >= 15 is 0 Å². The van der Waals surface area contributed by atoms with Crippen LogP contribution in [0.25, 0.3) is 0 Å². The van der Waals surface area contributed by atoms with Gasteiger partial charge in [-0.3, -0.25) is 4.79 Å². The number of carbonyl (C=O) groups is 2. The Bertz CT molecular complexity index is 288. The Balaban J connectivity index is 2.59. The number of carboxylic acids is 1. The summed E-state index contributed by atoms with van der Waals surface area (Å²) < 4.78 is 0. The maximum absolute atomic E-state index is 12.3. The number of amides is 2. The summed E-state index contributed by atoms with van der Waals surface area (Å²) in [6.07, 6.45) is 6.42. The van der Waals surface area contributed by atoms with Crippen LogP contribution in [0.15, 0.2) is 0 Å². The summed E-state index contributed by atoms with van der Waals surface area (Å²) in [7, 11) is 1.79. The van der Waals surface area contributed by atoms with Crippen LogP contribution in [0.4, 0.5) is 4.79 Å². The monoisotopic (exact) mass is 256 g/mol. The van der Waals surface area contributed by atoms with Gasteiger partial charge in [-0.1, -0.05) is 26.2 Å². The lowest BCUT2D eigenvalue weighted by molar-refractivity contribution is -0.137. The predicted octanol–water partition coefficient (Wildman–Crippen LogP) is 2.17. The molecule has 1 aliphatic rings. The van der Waals surface area contributed by atoms with E-state index in [1.54, 1.807) is 11.9 Å². The third kappa shape index (κ3) is 4.20. The Labute approximate surface area is 109 Å².